The van der Waals surface area contributed by atoms with E-state index in [0.717, 1.165) is 28.2 Å². The zero-order chi connectivity index (χ0) is 18.8. The van der Waals surface area contributed by atoms with Crippen molar-refractivity contribution in [2.45, 2.75) is 20.3 Å². The van der Waals surface area contributed by atoms with Gasteiger partial charge in [0.25, 0.3) is 5.56 Å². The molecule has 0 aliphatic heterocycles. The first-order chi connectivity index (χ1) is 13.2. The highest BCUT2D eigenvalue weighted by atomic mass is 32.1. The van der Waals surface area contributed by atoms with Gasteiger partial charge in [-0.1, -0.05) is 54.5 Å². The number of para-hydroxylation sites is 1. The summed E-state index contributed by atoms with van der Waals surface area (Å²) in [6.07, 6.45) is 0.764. The molecule has 2 aromatic carbocycles. The molecule has 0 aliphatic rings. The third-order valence-corrected chi connectivity index (χ3v) is 5.08. The zero-order valence-electron chi connectivity index (χ0n) is 15.1. The molecule has 27 heavy (non-hydrogen) atoms. The lowest BCUT2D eigenvalue weighted by Crippen LogP contribution is -2.22. The normalized spacial score (nSPS) is 10.6. The van der Waals surface area contributed by atoms with Crippen molar-refractivity contribution in [2.24, 2.45) is 0 Å². The molecule has 0 saturated carbocycles. The molecule has 0 radical (unpaired) electrons. The van der Waals surface area contributed by atoms with Gasteiger partial charge in [-0.2, -0.15) is 0 Å². The summed E-state index contributed by atoms with van der Waals surface area (Å²) in [7, 11) is 0. The second kappa shape index (κ2) is 7.18. The van der Waals surface area contributed by atoms with Gasteiger partial charge in [-0.15, -0.1) is 10.2 Å². The van der Waals surface area contributed by atoms with Crippen molar-refractivity contribution in [1.29, 1.82) is 0 Å². The van der Waals surface area contributed by atoms with Crippen molar-refractivity contribution in [3.63, 3.8) is 0 Å². The van der Waals surface area contributed by atoms with E-state index >= 15 is 0 Å². The van der Waals surface area contributed by atoms with Crippen LogP contribution in [0.1, 0.15) is 28.2 Å². The number of hydrogen-bond acceptors (Lipinski definition) is 4. The van der Waals surface area contributed by atoms with Crippen molar-refractivity contribution in [3.05, 3.63) is 86.2 Å². The standard InChI is InChI=1S/C22H17N3OS/c1-3-18-14-17-9-7-8-16(12-13-20-24-23-15(2)27-20)21(17)22(26)25(18)19-10-5-4-6-11-19/h4-11,14H,3H2,1-2H3. The van der Waals surface area contributed by atoms with Gasteiger partial charge >= 0.3 is 0 Å². The van der Waals surface area contributed by atoms with E-state index in [1.54, 1.807) is 4.57 Å². The Morgan fingerprint density at radius 3 is 2.56 bits per heavy atom. The molecular weight excluding hydrogens is 354 g/mol. The number of aromatic nitrogens is 3. The predicted molar refractivity (Wildman–Crippen MR) is 110 cm³/mol. The Bertz CT molecular complexity index is 1240. The summed E-state index contributed by atoms with van der Waals surface area (Å²) in [6.45, 7) is 3.95. The van der Waals surface area contributed by atoms with E-state index in [1.807, 2.05) is 55.5 Å². The molecule has 0 bridgehead atoms. The Morgan fingerprint density at radius 1 is 1.04 bits per heavy atom. The Hall–Kier alpha value is -3.23. The predicted octanol–water partition coefficient (Wildman–Crippen LogP) is 4.11. The summed E-state index contributed by atoms with van der Waals surface area (Å²) >= 11 is 1.44. The van der Waals surface area contributed by atoms with Gasteiger partial charge in [-0.3, -0.25) is 9.36 Å². The molecule has 0 fully saturated rings. The summed E-state index contributed by atoms with van der Waals surface area (Å²) in [6, 6.07) is 17.6. The lowest BCUT2D eigenvalue weighted by atomic mass is 10.0. The summed E-state index contributed by atoms with van der Waals surface area (Å²) in [4.78, 5) is 13.4. The van der Waals surface area contributed by atoms with Crippen molar-refractivity contribution in [3.8, 4) is 17.5 Å². The zero-order valence-corrected chi connectivity index (χ0v) is 15.9. The molecule has 4 aromatic rings. The molecule has 2 aromatic heterocycles. The Morgan fingerprint density at radius 2 is 1.85 bits per heavy atom. The summed E-state index contributed by atoms with van der Waals surface area (Å²) < 4.78 is 1.78. The fraction of sp³-hybridized carbons (Fsp3) is 0.136. The van der Waals surface area contributed by atoms with Gasteiger partial charge < -0.3 is 0 Å². The summed E-state index contributed by atoms with van der Waals surface area (Å²) in [5.74, 6) is 6.15. The average molecular weight is 371 g/mol. The van der Waals surface area contributed by atoms with Crippen LogP contribution >= 0.6 is 11.3 Å². The van der Waals surface area contributed by atoms with Crippen molar-refractivity contribution in [2.75, 3.05) is 0 Å². The first-order valence-corrected chi connectivity index (χ1v) is 9.54. The lowest BCUT2D eigenvalue weighted by molar-refractivity contribution is 0.889. The van der Waals surface area contributed by atoms with E-state index < -0.39 is 0 Å². The van der Waals surface area contributed by atoms with Gasteiger partial charge in [0.05, 0.1) is 5.39 Å². The van der Waals surface area contributed by atoms with Crippen molar-refractivity contribution >= 4 is 22.1 Å². The average Bonchev–Trinajstić information content (AvgIpc) is 3.11. The molecule has 5 heteroatoms. The highest BCUT2D eigenvalue weighted by molar-refractivity contribution is 7.11. The Labute approximate surface area is 161 Å². The Balaban J connectivity index is 1.98. The van der Waals surface area contributed by atoms with Gasteiger partial charge in [0.15, 0.2) is 5.01 Å². The molecule has 0 amide bonds. The SMILES string of the molecule is CCc1cc2cccc(C#Cc3nnc(C)s3)c2c(=O)n1-c1ccccc1. The van der Waals surface area contributed by atoms with Crippen LogP contribution in [-0.4, -0.2) is 14.8 Å². The third-order valence-electron chi connectivity index (χ3n) is 4.33. The quantitative estimate of drug-likeness (QED) is 0.498. The van der Waals surface area contributed by atoms with Gasteiger partial charge in [-0.05, 0) is 48.9 Å². The minimum Gasteiger partial charge on any atom is -0.281 e. The first-order valence-electron chi connectivity index (χ1n) is 8.72. The van der Waals surface area contributed by atoms with Crippen molar-refractivity contribution < 1.29 is 0 Å². The van der Waals surface area contributed by atoms with Crippen LogP contribution in [0.2, 0.25) is 0 Å². The maximum absolute atomic E-state index is 13.4. The van der Waals surface area contributed by atoms with Crippen LogP contribution in [0.3, 0.4) is 0 Å². The molecule has 0 spiro atoms. The monoisotopic (exact) mass is 371 g/mol. The van der Waals surface area contributed by atoms with Gasteiger partial charge in [0.2, 0.25) is 0 Å². The largest absolute Gasteiger partial charge is 0.281 e. The lowest BCUT2D eigenvalue weighted by Gasteiger charge is -2.14. The van der Waals surface area contributed by atoms with Crippen LogP contribution in [0.25, 0.3) is 16.5 Å². The van der Waals surface area contributed by atoms with Crippen LogP contribution in [-0.2, 0) is 6.42 Å². The van der Waals surface area contributed by atoms with E-state index in [4.69, 9.17) is 0 Å². The second-order valence-corrected chi connectivity index (χ2v) is 7.29. The molecule has 0 saturated heterocycles. The molecule has 4 rings (SSSR count). The molecule has 0 aliphatic carbocycles. The minimum atomic E-state index is -0.0473. The van der Waals surface area contributed by atoms with Crippen molar-refractivity contribution in [1.82, 2.24) is 14.8 Å². The number of pyridine rings is 1. The van der Waals surface area contributed by atoms with E-state index in [9.17, 15) is 4.79 Å². The number of nitrogens with zero attached hydrogens (tertiary/aromatic N) is 3. The molecular formula is C22H17N3OS. The summed E-state index contributed by atoms with van der Waals surface area (Å²) in [5, 5.41) is 11.1. The fourth-order valence-electron chi connectivity index (χ4n) is 3.11. The van der Waals surface area contributed by atoms with E-state index in [2.05, 4.69) is 35.0 Å². The Kier molecular flexibility index (Phi) is 4.57. The topological polar surface area (TPSA) is 47.8 Å². The van der Waals surface area contributed by atoms with E-state index in [0.29, 0.717) is 16.0 Å². The fourth-order valence-corrected chi connectivity index (χ4v) is 3.65. The third kappa shape index (κ3) is 3.27. The maximum Gasteiger partial charge on any atom is 0.264 e. The maximum atomic E-state index is 13.4. The van der Waals surface area contributed by atoms with Crippen LogP contribution in [0.4, 0.5) is 0 Å². The number of fused-ring (bicyclic) bond motifs is 1. The number of benzene rings is 2. The first kappa shape index (κ1) is 17.2. The number of rotatable bonds is 2. The second-order valence-electron chi connectivity index (χ2n) is 6.11. The van der Waals surface area contributed by atoms with Gasteiger partial charge in [0.1, 0.15) is 5.01 Å². The minimum absolute atomic E-state index is 0.0473. The van der Waals surface area contributed by atoms with Crippen LogP contribution < -0.4 is 5.56 Å². The summed E-state index contributed by atoms with van der Waals surface area (Å²) in [5.41, 5.74) is 2.50. The molecule has 132 valence electrons. The van der Waals surface area contributed by atoms with Crippen LogP contribution in [0.5, 0.6) is 0 Å². The molecule has 4 nitrogen and oxygen atoms in total. The number of aryl methyl sites for hydroxylation is 2. The molecule has 2 heterocycles. The van der Waals surface area contributed by atoms with E-state index in [-0.39, 0.29) is 5.56 Å². The molecule has 0 N–H and O–H groups in total. The van der Waals surface area contributed by atoms with Crippen LogP contribution in [0, 0.1) is 18.8 Å². The smallest absolute Gasteiger partial charge is 0.264 e. The van der Waals surface area contributed by atoms with Crippen LogP contribution in [0.15, 0.2) is 59.4 Å². The van der Waals surface area contributed by atoms with E-state index in [1.165, 1.54) is 11.3 Å². The highest BCUT2D eigenvalue weighted by Crippen LogP contribution is 2.19. The molecule has 0 unspecified atom stereocenters. The highest BCUT2D eigenvalue weighted by Gasteiger charge is 2.12. The van der Waals surface area contributed by atoms with Gasteiger partial charge in [0, 0.05) is 16.9 Å². The number of hydrogen-bond donors (Lipinski definition) is 0. The van der Waals surface area contributed by atoms with Gasteiger partial charge in [-0.25, -0.2) is 0 Å². The molecule has 0 atom stereocenters.